The SMILES string of the molecule is CNc1ncc(C(=O)N2CCOCC2)cc1OC. The maximum atomic E-state index is 12.2. The Morgan fingerprint density at radius 2 is 2.22 bits per heavy atom. The zero-order valence-electron chi connectivity index (χ0n) is 10.6. The molecular weight excluding hydrogens is 234 g/mol. The maximum absolute atomic E-state index is 12.2. The van der Waals surface area contributed by atoms with Gasteiger partial charge >= 0.3 is 0 Å². The Bertz CT molecular complexity index is 431. The molecule has 0 spiro atoms. The number of amides is 1. The molecule has 1 aromatic rings. The van der Waals surface area contributed by atoms with Crippen molar-refractivity contribution < 1.29 is 14.3 Å². The van der Waals surface area contributed by atoms with Crippen molar-refractivity contribution in [3.8, 4) is 5.75 Å². The number of hydrogen-bond acceptors (Lipinski definition) is 5. The van der Waals surface area contributed by atoms with Gasteiger partial charge in [-0.25, -0.2) is 4.98 Å². The molecule has 1 aromatic heterocycles. The number of rotatable bonds is 3. The van der Waals surface area contributed by atoms with Crippen molar-refractivity contribution in [2.24, 2.45) is 0 Å². The van der Waals surface area contributed by atoms with Crippen LogP contribution in [0.3, 0.4) is 0 Å². The molecule has 1 fully saturated rings. The summed E-state index contributed by atoms with van der Waals surface area (Å²) in [6.45, 7) is 2.42. The number of pyridine rings is 1. The molecule has 0 aromatic carbocycles. The number of anilines is 1. The Hall–Kier alpha value is -1.82. The van der Waals surface area contributed by atoms with Crippen molar-refractivity contribution in [2.45, 2.75) is 0 Å². The third kappa shape index (κ3) is 2.53. The van der Waals surface area contributed by atoms with Crippen LogP contribution < -0.4 is 10.1 Å². The lowest BCUT2D eigenvalue weighted by atomic mass is 10.2. The van der Waals surface area contributed by atoms with Gasteiger partial charge in [-0.1, -0.05) is 0 Å². The largest absolute Gasteiger partial charge is 0.493 e. The third-order valence-electron chi connectivity index (χ3n) is 2.85. The summed E-state index contributed by atoms with van der Waals surface area (Å²) in [5.41, 5.74) is 0.535. The molecule has 18 heavy (non-hydrogen) atoms. The van der Waals surface area contributed by atoms with E-state index in [0.717, 1.165) is 0 Å². The van der Waals surface area contributed by atoms with Crippen LogP contribution in [0.15, 0.2) is 12.3 Å². The van der Waals surface area contributed by atoms with Crippen molar-refractivity contribution >= 4 is 11.7 Å². The number of hydrogen-bond donors (Lipinski definition) is 1. The zero-order valence-corrected chi connectivity index (χ0v) is 10.6. The third-order valence-corrected chi connectivity index (χ3v) is 2.85. The summed E-state index contributed by atoms with van der Waals surface area (Å²) < 4.78 is 10.4. The molecule has 98 valence electrons. The van der Waals surface area contributed by atoms with Gasteiger partial charge in [-0.05, 0) is 6.07 Å². The van der Waals surface area contributed by atoms with E-state index in [4.69, 9.17) is 9.47 Å². The highest BCUT2D eigenvalue weighted by Crippen LogP contribution is 2.22. The van der Waals surface area contributed by atoms with Gasteiger partial charge in [0.05, 0.1) is 25.9 Å². The molecule has 0 saturated carbocycles. The highest BCUT2D eigenvalue weighted by molar-refractivity contribution is 5.94. The van der Waals surface area contributed by atoms with Crippen LogP contribution in [0, 0.1) is 0 Å². The standard InChI is InChI=1S/C12H17N3O3/c1-13-11-10(17-2)7-9(8-14-11)12(16)15-3-5-18-6-4-15/h7-8H,3-6H2,1-2H3,(H,13,14). The van der Waals surface area contributed by atoms with E-state index in [1.54, 1.807) is 31.3 Å². The minimum absolute atomic E-state index is 0.0354. The predicted molar refractivity (Wildman–Crippen MR) is 67.1 cm³/mol. The summed E-state index contributed by atoms with van der Waals surface area (Å²) >= 11 is 0. The van der Waals surface area contributed by atoms with Crippen molar-refractivity contribution in [2.75, 3.05) is 45.8 Å². The quantitative estimate of drug-likeness (QED) is 0.852. The molecular formula is C12H17N3O3. The van der Waals surface area contributed by atoms with E-state index in [1.165, 1.54) is 0 Å². The Morgan fingerprint density at radius 1 is 1.50 bits per heavy atom. The molecule has 0 aliphatic carbocycles. The second kappa shape index (κ2) is 5.68. The molecule has 2 heterocycles. The number of ether oxygens (including phenoxy) is 2. The van der Waals surface area contributed by atoms with E-state index in [9.17, 15) is 4.79 Å². The summed E-state index contributed by atoms with van der Waals surface area (Å²) in [5, 5.41) is 2.91. The highest BCUT2D eigenvalue weighted by atomic mass is 16.5. The lowest BCUT2D eigenvalue weighted by molar-refractivity contribution is 0.0302. The van der Waals surface area contributed by atoms with E-state index in [-0.39, 0.29) is 5.91 Å². The average Bonchev–Trinajstić information content (AvgIpc) is 2.46. The van der Waals surface area contributed by atoms with E-state index >= 15 is 0 Å². The van der Waals surface area contributed by atoms with Crippen LogP contribution in [0.1, 0.15) is 10.4 Å². The molecule has 0 unspecified atom stereocenters. The smallest absolute Gasteiger partial charge is 0.255 e. The molecule has 2 rings (SSSR count). The number of nitrogens with zero attached hydrogens (tertiary/aromatic N) is 2. The van der Waals surface area contributed by atoms with Crippen molar-refractivity contribution in [1.29, 1.82) is 0 Å². The zero-order chi connectivity index (χ0) is 13.0. The molecule has 0 bridgehead atoms. The number of morpholine rings is 1. The minimum atomic E-state index is -0.0354. The molecule has 1 amide bonds. The summed E-state index contributed by atoms with van der Waals surface area (Å²) in [5.74, 6) is 1.15. The fraction of sp³-hybridized carbons (Fsp3) is 0.500. The van der Waals surface area contributed by atoms with Gasteiger partial charge in [0, 0.05) is 26.3 Å². The van der Waals surface area contributed by atoms with Crippen LogP contribution in [0.25, 0.3) is 0 Å². The summed E-state index contributed by atoms with van der Waals surface area (Å²) in [6.07, 6.45) is 1.56. The summed E-state index contributed by atoms with van der Waals surface area (Å²) in [4.78, 5) is 18.2. The normalized spacial score (nSPS) is 15.3. The monoisotopic (exact) mass is 251 g/mol. The topological polar surface area (TPSA) is 63.7 Å². The fourth-order valence-corrected chi connectivity index (χ4v) is 1.85. The van der Waals surface area contributed by atoms with Crippen molar-refractivity contribution in [3.63, 3.8) is 0 Å². The number of carbonyl (C=O) groups excluding carboxylic acids is 1. The molecule has 1 aliphatic rings. The lowest BCUT2D eigenvalue weighted by Crippen LogP contribution is -2.40. The number of carbonyl (C=O) groups is 1. The molecule has 6 nitrogen and oxygen atoms in total. The van der Waals surface area contributed by atoms with Crippen molar-refractivity contribution in [1.82, 2.24) is 9.88 Å². The van der Waals surface area contributed by atoms with Crippen LogP contribution in [-0.4, -0.2) is 56.3 Å². The Labute approximate surface area is 106 Å². The van der Waals surface area contributed by atoms with Gasteiger partial charge in [0.25, 0.3) is 5.91 Å². The molecule has 1 aliphatic heterocycles. The highest BCUT2D eigenvalue weighted by Gasteiger charge is 2.20. The van der Waals surface area contributed by atoms with Crippen molar-refractivity contribution in [3.05, 3.63) is 17.8 Å². The maximum Gasteiger partial charge on any atom is 0.255 e. The van der Waals surface area contributed by atoms with Crippen LogP contribution in [0.2, 0.25) is 0 Å². The van der Waals surface area contributed by atoms with E-state index in [2.05, 4.69) is 10.3 Å². The lowest BCUT2D eigenvalue weighted by Gasteiger charge is -2.26. The predicted octanol–water partition coefficient (Wildman–Crippen LogP) is 0.604. The average molecular weight is 251 g/mol. The molecule has 0 radical (unpaired) electrons. The van der Waals surface area contributed by atoms with Crippen LogP contribution in [-0.2, 0) is 4.74 Å². The second-order valence-corrected chi connectivity index (χ2v) is 3.93. The van der Waals surface area contributed by atoms with Gasteiger partial charge in [-0.2, -0.15) is 0 Å². The van der Waals surface area contributed by atoms with Gasteiger partial charge < -0.3 is 19.7 Å². The molecule has 6 heteroatoms. The van der Waals surface area contributed by atoms with Gasteiger partial charge in [-0.15, -0.1) is 0 Å². The van der Waals surface area contributed by atoms with Crippen LogP contribution >= 0.6 is 0 Å². The first-order valence-corrected chi connectivity index (χ1v) is 5.85. The molecule has 0 atom stereocenters. The van der Waals surface area contributed by atoms with E-state index in [1.807, 2.05) is 0 Å². The van der Waals surface area contributed by atoms with Gasteiger partial charge in [0.15, 0.2) is 11.6 Å². The number of aromatic nitrogens is 1. The second-order valence-electron chi connectivity index (χ2n) is 3.93. The first-order chi connectivity index (χ1) is 8.76. The van der Waals surface area contributed by atoms with E-state index < -0.39 is 0 Å². The number of methoxy groups -OCH3 is 1. The summed E-state index contributed by atoms with van der Waals surface area (Å²) in [6, 6.07) is 1.70. The fourth-order valence-electron chi connectivity index (χ4n) is 1.85. The number of nitrogens with one attached hydrogen (secondary N) is 1. The Morgan fingerprint density at radius 3 is 2.83 bits per heavy atom. The van der Waals surface area contributed by atoms with E-state index in [0.29, 0.717) is 43.4 Å². The minimum Gasteiger partial charge on any atom is -0.493 e. The first kappa shape index (κ1) is 12.6. The molecule has 1 N–H and O–H groups in total. The first-order valence-electron chi connectivity index (χ1n) is 5.85. The molecule has 1 saturated heterocycles. The Kier molecular flexibility index (Phi) is 3.99. The van der Waals surface area contributed by atoms with Crippen LogP contribution in [0.5, 0.6) is 5.75 Å². The van der Waals surface area contributed by atoms with Crippen LogP contribution in [0.4, 0.5) is 5.82 Å². The van der Waals surface area contributed by atoms with Gasteiger partial charge in [0.2, 0.25) is 0 Å². The van der Waals surface area contributed by atoms with Gasteiger partial charge in [0.1, 0.15) is 0 Å². The summed E-state index contributed by atoms with van der Waals surface area (Å²) in [7, 11) is 3.31. The van der Waals surface area contributed by atoms with Gasteiger partial charge in [-0.3, -0.25) is 4.79 Å². The Balaban J connectivity index is 2.19.